The largest absolute Gasteiger partial charge is 0.351 e. The maximum absolute atomic E-state index is 12.3. The van der Waals surface area contributed by atoms with Gasteiger partial charge in [0.05, 0.1) is 12.6 Å². The van der Waals surface area contributed by atoms with E-state index in [4.69, 9.17) is 5.73 Å². The summed E-state index contributed by atoms with van der Waals surface area (Å²) >= 11 is 1.59. The van der Waals surface area contributed by atoms with Crippen LogP contribution >= 0.6 is 24.2 Å². The number of amides is 1. The average Bonchev–Trinajstić information content (AvgIpc) is 3.06. The molecule has 0 aliphatic rings. The quantitative estimate of drug-likeness (QED) is 0.787. The molecule has 132 valence electrons. The minimum atomic E-state index is -0.546. The van der Waals surface area contributed by atoms with Crippen molar-refractivity contribution in [2.24, 2.45) is 5.73 Å². The number of benzene rings is 1. The highest BCUT2D eigenvalue weighted by molar-refractivity contribution is 8.00. The number of thioether (sulfide) groups is 1. The van der Waals surface area contributed by atoms with Gasteiger partial charge >= 0.3 is 0 Å². The van der Waals surface area contributed by atoms with Gasteiger partial charge in [-0.2, -0.15) is 16.9 Å². The van der Waals surface area contributed by atoms with Crippen LogP contribution < -0.4 is 11.1 Å². The van der Waals surface area contributed by atoms with Gasteiger partial charge in [0.25, 0.3) is 0 Å². The zero-order valence-corrected chi connectivity index (χ0v) is 15.9. The predicted molar refractivity (Wildman–Crippen MR) is 102 cm³/mol. The highest BCUT2D eigenvalue weighted by atomic mass is 35.5. The van der Waals surface area contributed by atoms with E-state index in [1.165, 1.54) is 0 Å². The van der Waals surface area contributed by atoms with E-state index in [1.54, 1.807) is 18.0 Å². The summed E-state index contributed by atoms with van der Waals surface area (Å²) in [5.74, 6) is -0.127. The smallest absolute Gasteiger partial charge is 0.238 e. The molecule has 1 heterocycles. The highest BCUT2D eigenvalue weighted by Crippen LogP contribution is 2.24. The summed E-state index contributed by atoms with van der Waals surface area (Å²) in [4.78, 5) is 12.3. The van der Waals surface area contributed by atoms with Gasteiger partial charge < -0.3 is 11.1 Å². The van der Waals surface area contributed by atoms with Crippen LogP contribution in [0.3, 0.4) is 0 Å². The lowest BCUT2D eigenvalue weighted by molar-refractivity contribution is -0.123. The molecule has 3 N–H and O–H groups in total. The van der Waals surface area contributed by atoms with Gasteiger partial charge in [0.2, 0.25) is 5.91 Å². The lowest BCUT2D eigenvalue weighted by Gasteiger charge is -2.28. The Morgan fingerprint density at radius 3 is 2.58 bits per heavy atom. The number of hydrogen-bond acceptors (Lipinski definition) is 4. The van der Waals surface area contributed by atoms with Crippen molar-refractivity contribution < 1.29 is 4.79 Å². The van der Waals surface area contributed by atoms with Crippen molar-refractivity contribution in [1.29, 1.82) is 0 Å². The second kappa shape index (κ2) is 9.11. The minimum absolute atomic E-state index is 0. The normalized spacial score (nSPS) is 12.3. The first-order valence-corrected chi connectivity index (χ1v) is 8.79. The highest BCUT2D eigenvalue weighted by Gasteiger charge is 2.31. The van der Waals surface area contributed by atoms with Crippen LogP contribution in [0.4, 0.5) is 0 Å². The zero-order valence-electron chi connectivity index (χ0n) is 14.2. The van der Waals surface area contributed by atoms with Crippen molar-refractivity contribution in [3.8, 4) is 0 Å². The van der Waals surface area contributed by atoms with Crippen molar-refractivity contribution in [3.05, 3.63) is 53.9 Å². The van der Waals surface area contributed by atoms with Gasteiger partial charge in [-0.3, -0.25) is 9.48 Å². The van der Waals surface area contributed by atoms with Crippen LogP contribution in [0.5, 0.6) is 0 Å². The molecule has 1 aromatic carbocycles. The summed E-state index contributed by atoms with van der Waals surface area (Å²) in [6.07, 6.45) is 5.65. The number of rotatable bonds is 7. The predicted octanol–water partition coefficient (Wildman–Crippen LogP) is 2.44. The Morgan fingerprint density at radius 1 is 1.33 bits per heavy atom. The summed E-state index contributed by atoms with van der Waals surface area (Å²) in [7, 11) is 0. The van der Waals surface area contributed by atoms with Gasteiger partial charge in [0, 0.05) is 23.7 Å². The molecule has 0 aliphatic heterocycles. The van der Waals surface area contributed by atoms with E-state index in [-0.39, 0.29) is 23.1 Å². The monoisotopic (exact) mass is 368 g/mol. The second-order valence-electron chi connectivity index (χ2n) is 5.98. The number of nitrogens with two attached hydrogens (primary N) is 1. The number of halogens is 1. The standard InChI is InChI=1S/C17H24N4OS.ClH/c1-17(2,23-3)15(18)16(22)19-11-13-7-4-5-8-14(13)12-21-10-6-9-20-21;/h4-10,15H,11-12,18H2,1-3H3,(H,19,22);1H/t15-;/m1./s1. The number of nitrogens with zero attached hydrogens (tertiary/aromatic N) is 2. The molecule has 0 aliphatic carbocycles. The maximum atomic E-state index is 12.3. The number of hydrogen-bond donors (Lipinski definition) is 2. The molecule has 0 saturated heterocycles. The molecule has 1 atom stereocenters. The van der Waals surface area contributed by atoms with E-state index < -0.39 is 6.04 Å². The number of carbonyl (C=O) groups is 1. The Kier molecular flexibility index (Phi) is 7.79. The van der Waals surface area contributed by atoms with Crippen LogP contribution in [0.15, 0.2) is 42.7 Å². The Bertz CT molecular complexity index is 646. The molecule has 0 radical (unpaired) electrons. The van der Waals surface area contributed by atoms with E-state index in [0.29, 0.717) is 13.1 Å². The van der Waals surface area contributed by atoms with Crippen LogP contribution in [0.25, 0.3) is 0 Å². The third kappa shape index (κ3) is 5.26. The fourth-order valence-corrected chi connectivity index (χ4v) is 2.55. The van der Waals surface area contributed by atoms with Crippen LogP contribution in [-0.2, 0) is 17.9 Å². The third-order valence-electron chi connectivity index (χ3n) is 4.02. The average molecular weight is 369 g/mol. The van der Waals surface area contributed by atoms with Gasteiger partial charge in [-0.15, -0.1) is 12.4 Å². The van der Waals surface area contributed by atoms with Gasteiger partial charge in [-0.1, -0.05) is 24.3 Å². The summed E-state index contributed by atoms with van der Waals surface area (Å²) in [5.41, 5.74) is 8.28. The Labute approximate surface area is 153 Å². The molecule has 2 aromatic rings. The topological polar surface area (TPSA) is 72.9 Å². The third-order valence-corrected chi connectivity index (χ3v) is 5.33. The molecular formula is C17H25ClN4OS. The molecule has 0 fully saturated rings. The number of aromatic nitrogens is 2. The van der Waals surface area contributed by atoms with Crippen molar-refractivity contribution in [2.75, 3.05) is 6.26 Å². The molecule has 0 saturated carbocycles. The molecule has 1 aromatic heterocycles. The van der Waals surface area contributed by atoms with E-state index in [9.17, 15) is 4.79 Å². The molecule has 1 amide bonds. The molecular weight excluding hydrogens is 344 g/mol. The van der Waals surface area contributed by atoms with Gasteiger partial charge in [-0.25, -0.2) is 0 Å². The lowest BCUT2D eigenvalue weighted by Crippen LogP contribution is -2.51. The first kappa shape index (κ1) is 20.5. The zero-order chi connectivity index (χ0) is 16.9. The van der Waals surface area contributed by atoms with Crippen molar-refractivity contribution in [1.82, 2.24) is 15.1 Å². The summed E-state index contributed by atoms with van der Waals surface area (Å²) in [6.45, 7) is 5.11. The van der Waals surface area contributed by atoms with Crippen LogP contribution in [0.1, 0.15) is 25.0 Å². The van der Waals surface area contributed by atoms with Gasteiger partial charge in [-0.05, 0) is 37.3 Å². The summed E-state index contributed by atoms with van der Waals surface area (Å²) in [5, 5.41) is 7.18. The second-order valence-corrected chi connectivity index (χ2v) is 7.44. The van der Waals surface area contributed by atoms with E-state index in [2.05, 4.69) is 16.5 Å². The molecule has 5 nitrogen and oxygen atoms in total. The number of nitrogens with one attached hydrogen (secondary N) is 1. The molecule has 0 unspecified atom stereocenters. The summed E-state index contributed by atoms with van der Waals surface area (Å²) in [6, 6.07) is 9.38. The maximum Gasteiger partial charge on any atom is 0.238 e. The van der Waals surface area contributed by atoms with E-state index in [0.717, 1.165) is 11.1 Å². The molecule has 0 bridgehead atoms. The Balaban J connectivity index is 0.00000288. The van der Waals surface area contributed by atoms with Crippen molar-refractivity contribution in [3.63, 3.8) is 0 Å². The van der Waals surface area contributed by atoms with Crippen LogP contribution in [-0.4, -0.2) is 32.7 Å². The lowest BCUT2D eigenvalue weighted by atomic mass is 10.0. The molecule has 0 spiro atoms. The Hall–Kier alpha value is -1.50. The van der Waals surface area contributed by atoms with Crippen LogP contribution in [0, 0.1) is 0 Å². The summed E-state index contributed by atoms with van der Waals surface area (Å²) < 4.78 is 1.57. The van der Waals surface area contributed by atoms with Gasteiger partial charge in [0.1, 0.15) is 0 Å². The number of carbonyl (C=O) groups excluding carboxylic acids is 1. The fourth-order valence-electron chi connectivity index (χ4n) is 2.19. The molecule has 24 heavy (non-hydrogen) atoms. The molecule has 7 heteroatoms. The van der Waals surface area contributed by atoms with Crippen molar-refractivity contribution in [2.45, 2.75) is 37.7 Å². The SMILES string of the molecule is CSC(C)(C)[C@H](N)C(=O)NCc1ccccc1Cn1cccn1.Cl. The first-order chi connectivity index (χ1) is 10.9. The minimum Gasteiger partial charge on any atom is -0.351 e. The van der Waals surface area contributed by atoms with Crippen LogP contribution in [0.2, 0.25) is 0 Å². The van der Waals surface area contributed by atoms with Gasteiger partial charge in [0.15, 0.2) is 0 Å². The fraction of sp³-hybridized carbons (Fsp3) is 0.412. The van der Waals surface area contributed by atoms with E-state index >= 15 is 0 Å². The molecule has 2 rings (SSSR count). The first-order valence-electron chi connectivity index (χ1n) is 7.56. The Morgan fingerprint density at radius 2 is 2.00 bits per heavy atom. The van der Waals surface area contributed by atoms with E-state index in [1.807, 2.05) is 55.2 Å². The van der Waals surface area contributed by atoms with Crippen molar-refractivity contribution >= 4 is 30.1 Å².